The summed E-state index contributed by atoms with van der Waals surface area (Å²) in [6.07, 6.45) is 0.190. The molecule has 2 rings (SSSR count). The number of hydrogen-bond donors (Lipinski definition) is 0. The van der Waals surface area contributed by atoms with E-state index in [9.17, 15) is 9.18 Å². The van der Waals surface area contributed by atoms with Gasteiger partial charge in [0, 0.05) is 7.05 Å². The summed E-state index contributed by atoms with van der Waals surface area (Å²) in [5, 5.41) is 0. The zero-order valence-corrected chi connectivity index (χ0v) is 14.0. The third-order valence-electron chi connectivity index (χ3n) is 3.52. The number of carbonyl (C=O) groups excluding carboxylic acids is 1. The first-order valence-electron chi connectivity index (χ1n) is 7.87. The lowest BCUT2D eigenvalue weighted by Crippen LogP contribution is -2.31. The van der Waals surface area contributed by atoms with Crippen LogP contribution in [-0.2, 0) is 4.79 Å². The Kier molecular flexibility index (Phi) is 6.61. The maximum atomic E-state index is 13.4. The summed E-state index contributed by atoms with van der Waals surface area (Å²) in [5.74, 6) is 0.457. The Morgan fingerprint density at radius 3 is 2.62 bits per heavy atom. The number of hydrogen-bond acceptors (Lipinski definition) is 3. The number of ether oxygens (including phenoxy) is 2. The molecule has 0 fully saturated rings. The Bertz CT molecular complexity index is 675. The second-order valence-corrected chi connectivity index (χ2v) is 5.51. The number of halogens is 1. The third kappa shape index (κ3) is 5.57. The number of amides is 1. The molecule has 1 amide bonds. The first-order valence-corrected chi connectivity index (χ1v) is 7.87. The molecule has 0 unspecified atom stereocenters. The van der Waals surface area contributed by atoms with Gasteiger partial charge in [0.15, 0.2) is 11.6 Å². The molecular weight excluding hydrogens is 309 g/mol. The van der Waals surface area contributed by atoms with Gasteiger partial charge < -0.3 is 14.4 Å². The second kappa shape index (κ2) is 8.91. The summed E-state index contributed by atoms with van der Waals surface area (Å²) < 4.78 is 24.3. The van der Waals surface area contributed by atoms with Gasteiger partial charge in [-0.2, -0.15) is 0 Å². The van der Waals surface area contributed by atoms with Crippen LogP contribution in [0.15, 0.2) is 48.5 Å². The molecule has 0 saturated carbocycles. The van der Waals surface area contributed by atoms with Gasteiger partial charge in [-0.15, -0.1) is 0 Å². The van der Waals surface area contributed by atoms with Gasteiger partial charge >= 0.3 is 0 Å². The van der Waals surface area contributed by atoms with Crippen molar-refractivity contribution >= 4 is 5.91 Å². The van der Waals surface area contributed by atoms with E-state index >= 15 is 0 Å². The van der Waals surface area contributed by atoms with Crippen molar-refractivity contribution in [1.29, 1.82) is 0 Å². The number of benzene rings is 2. The number of rotatable bonds is 8. The number of likely N-dealkylation sites (N-methyl/N-ethyl adjacent to an activating group) is 1. The topological polar surface area (TPSA) is 38.8 Å². The van der Waals surface area contributed by atoms with Crippen LogP contribution in [0.1, 0.15) is 12.0 Å². The molecule has 5 heteroatoms. The minimum absolute atomic E-state index is 0.0702. The number of para-hydroxylation sites is 1. The van der Waals surface area contributed by atoms with Crippen molar-refractivity contribution in [2.45, 2.75) is 13.3 Å². The van der Waals surface area contributed by atoms with Crippen LogP contribution in [0.5, 0.6) is 11.5 Å². The van der Waals surface area contributed by atoms with E-state index in [1.807, 2.05) is 31.2 Å². The molecule has 0 bridgehead atoms. The largest absolute Gasteiger partial charge is 0.492 e. The smallest absolute Gasteiger partial charge is 0.225 e. The molecule has 128 valence electrons. The third-order valence-corrected chi connectivity index (χ3v) is 3.52. The monoisotopic (exact) mass is 331 g/mol. The summed E-state index contributed by atoms with van der Waals surface area (Å²) in [6.45, 7) is 3.03. The van der Waals surface area contributed by atoms with E-state index in [0.29, 0.717) is 13.2 Å². The number of carbonyl (C=O) groups is 1. The Labute approximate surface area is 141 Å². The van der Waals surface area contributed by atoms with E-state index in [1.54, 1.807) is 30.1 Å². The van der Waals surface area contributed by atoms with E-state index in [2.05, 4.69) is 0 Å². The highest BCUT2D eigenvalue weighted by molar-refractivity contribution is 5.75. The van der Waals surface area contributed by atoms with Gasteiger partial charge in [-0.05, 0) is 36.8 Å². The molecule has 0 heterocycles. The molecule has 0 aliphatic rings. The molecule has 4 nitrogen and oxygen atoms in total. The first kappa shape index (κ1) is 17.8. The molecular formula is C19H22FNO3. The van der Waals surface area contributed by atoms with Crippen LogP contribution >= 0.6 is 0 Å². The van der Waals surface area contributed by atoms with Gasteiger partial charge in [0.1, 0.15) is 12.4 Å². The Balaban J connectivity index is 1.67. The summed E-state index contributed by atoms with van der Waals surface area (Å²) in [5.41, 5.74) is 1.13. The van der Waals surface area contributed by atoms with Crippen LogP contribution in [0, 0.1) is 12.7 Å². The van der Waals surface area contributed by atoms with Crippen molar-refractivity contribution in [3.05, 3.63) is 59.9 Å². The predicted molar refractivity (Wildman–Crippen MR) is 90.8 cm³/mol. The number of aryl methyl sites for hydroxylation is 1. The fraction of sp³-hybridized carbons (Fsp3) is 0.316. The fourth-order valence-corrected chi connectivity index (χ4v) is 2.13. The Morgan fingerprint density at radius 2 is 1.88 bits per heavy atom. The van der Waals surface area contributed by atoms with Crippen molar-refractivity contribution in [2.75, 3.05) is 26.8 Å². The highest BCUT2D eigenvalue weighted by Crippen LogP contribution is 2.15. The van der Waals surface area contributed by atoms with E-state index in [-0.39, 0.29) is 24.7 Å². The van der Waals surface area contributed by atoms with Gasteiger partial charge in [0.05, 0.1) is 19.6 Å². The van der Waals surface area contributed by atoms with Crippen molar-refractivity contribution in [2.24, 2.45) is 0 Å². The highest BCUT2D eigenvalue weighted by atomic mass is 19.1. The normalized spacial score (nSPS) is 10.3. The fourth-order valence-electron chi connectivity index (χ4n) is 2.13. The van der Waals surface area contributed by atoms with Crippen LogP contribution < -0.4 is 9.47 Å². The molecule has 0 aliphatic carbocycles. The molecule has 0 aromatic heterocycles. The number of nitrogens with zero attached hydrogens (tertiary/aromatic N) is 1. The van der Waals surface area contributed by atoms with E-state index in [1.165, 1.54) is 6.07 Å². The molecule has 2 aromatic carbocycles. The summed E-state index contributed by atoms with van der Waals surface area (Å²) in [7, 11) is 1.71. The van der Waals surface area contributed by atoms with Gasteiger partial charge in [-0.25, -0.2) is 4.39 Å². The van der Waals surface area contributed by atoms with Crippen LogP contribution in [-0.4, -0.2) is 37.6 Å². The van der Waals surface area contributed by atoms with Crippen LogP contribution in [0.2, 0.25) is 0 Å². The van der Waals surface area contributed by atoms with Crippen molar-refractivity contribution in [3.8, 4) is 11.5 Å². The van der Waals surface area contributed by atoms with Crippen molar-refractivity contribution in [1.82, 2.24) is 4.90 Å². The maximum absolute atomic E-state index is 13.4. The molecule has 0 spiro atoms. The van der Waals surface area contributed by atoms with E-state index in [0.717, 1.165) is 11.3 Å². The van der Waals surface area contributed by atoms with Crippen LogP contribution in [0.3, 0.4) is 0 Å². The van der Waals surface area contributed by atoms with Gasteiger partial charge in [0.25, 0.3) is 0 Å². The zero-order chi connectivity index (χ0) is 17.4. The molecule has 0 aliphatic heterocycles. The molecule has 24 heavy (non-hydrogen) atoms. The predicted octanol–water partition coefficient (Wildman–Crippen LogP) is 3.44. The van der Waals surface area contributed by atoms with E-state index in [4.69, 9.17) is 9.47 Å². The lowest BCUT2D eigenvalue weighted by molar-refractivity contribution is -0.130. The molecule has 0 radical (unpaired) electrons. The van der Waals surface area contributed by atoms with Crippen molar-refractivity contribution < 1.29 is 18.7 Å². The van der Waals surface area contributed by atoms with E-state index < -0.39 is 5.82 Å². The molecule has 0 atom stereocenters. The molecule has 0 saturated heterocycles. The highest BCUT2D eigenvalue weighted by Gasteiger charge is 2.10. The first-order chi connectivity index (χ1) is 11.6. The minimum Gasteiger partial charge on any atom is -0.492 e. The molecule has 2 aromatic rings. The molecule has 0 N–H and O–H groups in total. The lowest BCUT2D eigenvalue weighted by atomic mass is 10.2. The summed E-state index contributed by atoms with van der Waals surface area (Å²) in [4.78, 5) is 13.6. The van der Waals surface area contributed by atoms with Crippen molar-refractivity contribution in [3.63, 3.8) is 0 Å². The van der Waals surface area contributed by atoms with Gasteiger partial charge in [-0.3, -0.25) is 4.79 Å². The Hall–Kier alpha value is -2.56. The Morgan fingerprint density at radius 1 is 1.08 bits per heavy atom. The maximum Gasteiger partial charge on any atom is 0.225 e. The lowest BCUT2D eigenvalue weighted by Gasteiger charge is -2.18. The van der Waals surface area contributed by atoms with Crippen LogP contribution in [0.4, 0.5) is 4.39 Å². The average Bonchev–Trinajstić information content (AvgIpc) is 2.56. The van der Waals surface area contributed by atoms with Crippen LogP contribution in [0.25, 0.3) is 0 Å². The average molecular weight is 331 g/mol. The summed E-state index contributed by atoms with van der Waals surface area (Å²) >= 11 is 0. The summed E-state index contributed by atoms with van der Waals surface area (Å²) in [6, 6.07) is 13.9. The second-order valence-electron chi connectivity index (χ2n) is 5.51. The minimum atomic E-state index is -0.426. The standard InChI is InChI=1S/C19H22FNO3/c1-15-6-5-7-16(14-15)23-13-11-21(2)19(22)10-12-24-18-9-4-3-8-17(18)20/h3-9,14H,10-13H2,1-2H3. The van der Waals surface area contributed by atoms with Gasteiger partial charge in [-0.1, -0.05) is 24.3 Å². The quantitative estimate of drug-likeness (QED) is 0.744. The van der Waals surface area contributed by atoms with Gasteiger partial charge in [0.2, 0.25) is 5.91 Å². The SMILES string of the molecule is Cc1cccc(OCCN(C)C(=O)CCOc2ccccc2F)c1. The zero-order valence-electron chi connectivity index (χ0n) is 14.0.